The summed E-state index contributed by atoms with van der Waals surface area (Å²) in [5, 5.41) is 26.7. The van der Waals surface area contributed by atoms with Gasteiger partial charge in [0.15, 0.2) is 18.4 Å². The maximum Gasteiger partial charge on any atom is 0.459 e. The van der Waals surface area contributed by atoms with E-state index in [0.717, 1.165) is 5.39 Å². The van der Waals surface area contributed by atoms with E-state index in [4.69, 9.17) is 29.0 Å². The van der Waals surface area contributed by atoms with Crippen molar-refractivity contribution in [3.05, 3.63) is 42.5 Å². The molecule has 3 heterocycles. The molecule has 16 heteroatoms. The number of carbonyl (C=O) groups excluding carboxylic acids is 1. The normalized spacial score (nSPS) is 29.5. The monoisotopic (exact) mass is 660 g/mol. The number of carbonyl (C=O) groups is 1. The van der Waals surface area contributed by atoms with Crippen LogP contribution in [-0.4, -0.2) is 102 Å². The number of fused-ring (bicyclic) bond motifs is 2. The third-order valence-corrected chi connectivity index (χ3v) is 9.28. The van der Waals surface area contributed by atoms with Gasteiger partial charge in [-0.05, 0) is 30.7 Å². The Kier molecular flexibility index (Phi) is 9.47. The zero-order chi connectivity index (χ0) is 33.4. The summed E-state index contributed by atoms with van der Waals surface area (Å²) in [6.45, 7) is 8.26. The quantitative estimate of drug-likeness (QED) is 0.214. The second-order valence-corrected chi connectivity index (χ2v) is 14.5. The summed E-state index contributed by atoms with van der Waals surface area (Å²) < 4.78 is 43.0. The molecule has 1 fully saturated rings. The second kappa shape index (κ2) is 12.9. The number of hydrogen-bond donors (Lipinski definition) is 4. The predicted molar refractivity (Wildman–Crippen MR) is 170 cm³/mol. The number of aliphatic imine (C=N–C) groups is 3. The molecule has 8 atom stereocenters. The molecule has 15 nitrogen and oxygen atoms in total. The maximum absolute atomic E-state index is 14.3. The lowest BCUT2D eigenvalue weighted by Crippen LogP contribution is -2.56. The fraction of sp³-hybridized carbons (Fsp3) is 0.533. The molecule has 0 spiro atoms. The molecule has 46 heavy (non-hydrogen) atoms. The van der Waals surface area contributed by atoms with Crippen LogP contribution < -0.4 is 15.3 Å². The van der Waals surface area contributed by atoms with Gasteiger partial charge in [-0.1, -0.05) is 57.2 Å². The van der Waals surface area contributed by atoms with Gasteiger partial charge in [-0.15, -0.1) is 0 Å². The summed E-state index contributed by atoms with van der Waals surface area (Å²) in [7, 11) is -2.93. The van der Waals surface area contributed by atoms with Crippen LogP contribution in [0.5, 0.6) is 5.75 Å². The number of ether oxygens (including phenoxy) is 3. The molecule has 2 aromatic carbocycles. The van der Waals surface area contributed by atoms with Gasteiger partial charge in [-0.3, -0.25) is 14.3 Å². The van der Waals surface area contributed by atoms with Crippen LogP contribution >= 0.6 is 7.75 Å². The third kappa shape index (κ3) is 7.04. The summed E-state index contributed by atoms with van der Waals surface area (Å²) >= 11 is 0. The zero-order valence-electron chi connectivity index (χ0n) is 26.6. The molecule has 0 saturated carbocycles. The highest BCUT2D eigenvalue weighted by atomic mass is 31.2. The summed E-state index contributed by atoms with van der Waals surface area (Å²) in [6.07, 6.45) is -3.20. The number of methoxy groups -OCH3 is 1. The number of benzene rings is 2. The number of aliphatic hydroxyl groups excluding tert-OH is 1. The zero-order valence-corrected chi connectivity index (χ0v) is 27.5. The van der Waals surface area contributed by atoms with Crippen molar-refractivity contribution in [1.29, 1.82) is 0 Å². The highest BCUT2D eigenvalue weighted by Crippen LogP contribution is 2.48. The Bertz CT molecular complexity index is 1590. The molecule has 250 valence electrons. The Labute approximate surface area is 267 Å². The van der Waals surface area contributed by atoms with Crippen LogP contribution in [-0.2, 0) is 28.1 Å². The summed E-state index contributed by atoms with van der Waals surface area (Å²) in [5.41, 5.74) is 3.73. The van der Waals surface area contributed by atoms with Crippen LogP contribution in [0.3, 0.4) is 0 Å². The third-order valence-electron chi connectivity index (χ3n) is 7.65. The standard InChI is InChI=1S/C30H41N6O9P/c1-17(26(38)42-15-29(2,3)4)35-46(40,45-20-13-9-11-18-10-7-8-12-19(18)20)43-14-21-23(37)30(5,39)27(44-21)36-16-32-22-24(36)33-28(31)34-25(22)41-6/h7-13,16-17,21-24,27,37,39H,14-15H2,1-6H3,(H2,31,33)(H,35,40)/t17-,21+,22?,23+,24?,27+,30+,46-/m0/s1. The van der Waals surface area contributed by atoms with E-state index < -0.39 is 62.6 Å². The van der Waals surface area contributed by atoms with Gasteiger partial charge in [0.05, 0.1) is 26.7 Å². The molecular weight excluding hydrogens is 619 g/mol. The Morgan fingerprint density at radius 1 is 1.24 bits per heavy atom. The summed E-state index contributed by atoms with van der Waals surface area (Å²) in [6, 6.07) is 10.8. The Hall–Kier alpha value is -3.59. The summed E-state index contributed by atoms with van der Waals surface area (Å²) in [5.74, 6) is -0.222. The topological polar surface area (TPSA) is 199 Å². The van der Waals surface area contributed by atoms with E-state index >= 15 is 0 Å². The second-order valence-electron chi connectivity index (χ2n) is 12.8. The number of nitrogens with zero attached hydrogens (tertiary/aromatic N) is 4. The minimum atomic E-state index is -4.36. The van der Waals surface area contributed by atoms with Gasteiger partial charge in [-0.2, -0.15) is 10.1 Å². The van der Waals surface area contributed by atoms with Crippen molar-refractivity contribution in [3.63, 3.8) is 0 Å². The smallest absolute Gasteiger partial charge is 0.459 e. The SMILES string of the molecule is COC1=NC(N)=NC2C1N=CN2[C@@H]1O[C@H](CO[P@@](=O)(N[C@@H](C)C(=O)OCC(C)(C)C)Oc2cccc3ccccc23)[C@@H](O)[C@@]1(C)O. The van der Waals surface area contributed by atoms with Gasteiger partial charge in [0.25, 0.3) is 0 Å². The molecule has 0 bridgehead atoms. The van der Waals surface area contributed by atoms with Crippen molar-refractivity contribution in [3.8, 4) is 5.75 Å². The molecule has 5 rings (SSSR count). The molecule has 2 unspecified atom stereocenters. The van der Waals surface area contributed by atoms with Gasteiger partial charge in [0.1, 0.15) is 29.6 Å². The van der Waals surface area contributed by atoms with Crippen LogP contribution in [0.15, 0.2) is 57.4 Å². The van der Waals surface area contributed by atoms with Crippen LogP contribution in [0.2, 0.25) is 0 Å². The van der Waals surface area contributed by atoms with Crippen LogP contribution in [0.4, 0.5) is 0 Å². The molecule has 2 aromatic rings. The lowest BCUT2D eigenvalue weighted by Gasteiger charge is -2.36. The van der Waals surface area contributed by atoms with E-state index in [-0.39, 0.29) is 29.6 Å². The van der Waals surface area contributed by atoms with E-state index in [1.54, 1.807) is 18.2 Å². The predicted octanol–water partition coefficient (Wildman–Crippen LogP) is 2.16. The lowest BCUT2D eigenvalue weighted by atomic mass is 9.96. The van der Waals surface area contributed by atoms with Gasteiger partial charge >= 0.3 is 13.7 Å². The molecule has 0 aliphatic carbocycles. The number of guanidine groups is 1. The first-order valence-electron chi connectivity index (χ1n) is 14.8. The van der Waals surface area contributed by atoms with E-state index in [9.17, 15) is 19.6 Å². The first-order valence-corrected chi connectivity index (χ1v) is 16.3. The van der Waals surface area contributed by atoms with Crippen molar-refractivity contribution in [2.24, 2.45) is 26.1 Å². The average molecular weight is 661 g/mol. The van der Waals surface area contributed by atoms with Crippen molar-refractivity contribution >= 4 is 42.7 Å². The number of aliphatic hydroxyl groups is 2. The van der Waals surface area contributed by atoms with Crippen LogP contribution in [0.25, 0.3) is 10.8 Å². The van der Waals surface area contributed by atoms with Crippen LogP contribution in [0.1, 0.15) is 34.6 Å². The largest absolute Gasteiger partial charge is 0.482 e. The van der Waals surface area contributed by atoms with E-state index in [2.05, 4.69) is 20.1 Å². The maximum atomic E-state index is 14.3. The number of rotatable bonds is 10. The van der Waals surface area contributed by atoms with Crippen molar-refractivity contribution < 1.29 is 42.8 Å². The molecule has 0 amide bonds. The summed E-state index contributed by atoms with van der Waals surface area (Å²) in [4.78, 5) is 27.1. The Morgan fingerprint density at radius 3 is 2.67 bits per heavy atom. The fourth-order valence-corrected chi connectivity index (χ4v) is 6.79. The van der Waals surface area contributed by atoms with Crippen molar-refractivity contribution in [2.45, 2.75) is 76.9 Å². The molecule has 3 aliphatic heterocycles. The fourth-order valence-electron chi connectivity index (χ4n) is 5.27. The van der Waals surface area contributed by atoms with Gasteiger partial charge < -0.3 is 39.6 Å². The number of esters is 1. The molecular formula is C30H41N6O9P. The highest BCUT2D eigenvalue weighted by molar-refractivity contribution is 7.52. The van der Waals surface area contributed by atoms with Crippen molar-refractivity contribution in [2.75, 3.05) is 20.3 Å². The molecule has 3 aliphatic rings. The van der Waals surface area contributed by atoms with Gasteiger partial charge in [-0.25, -0.2) is 9.56 Å². The average Bonchev–Trinajstić information content (AvgIpc) is 3.51. The lowest BCUT2D eigenvalue weighted by molar-refractivity contribution is -0.148. The van der Waals surface area contributed by atoms with Crippen molar-refractivity contribution in [1.82, 2.24) is 9.99 Å². The van der Waals surface area contributed by atoms with E-state index in [0.29, 0.717) is 5.39 Å². The number of nitrogens with one attached hydrogen (secondary N) is 1. The molecule has 0 aromatic heterocycles. The molecule has 1 saturated heterocycles. The Morgan fingerprint density at radius 2 is 1.96 bits per heavy atom. The highest BCUT2D eigenvalue weighted by Gasteiger charge is 2.58. The molecule has 5 N–H and O–H groups in total. The number of hydrogen-bond acceptors (Lipinski definition) is 14. The minimum absolute atomic E-state index is 0.0422. The first kappa shape index (κ1) is 33.8. The Balaban J connectivity index is 1.36. The first-order chi connectivity index (χ1) is 21.6. The van der Waals surface area contributed by atoms with Crippen LogP contribution in [0, 0.1) is 5.41 Å². The number of nitrogens with two attached hydrogens (primary N) is 1. The molecule has 0 radical (unpaired) electrons. The van der Waals surface area contributed by atoms with Gasteiger partial charge in [0, 0.05) is 5.39 Å². The minimum Gasteiger partial charge on any atom is -0.482 e. The van der Waals surface area contributed by atoms with Gasteiger partial charge in [0.2, 0.25) is 11.9 Å². The van der Waals surface area contributed by atoms with E-state index in [1.807, 2.05) is 45.0 Å². The van der Waals surface area contributed by atoms with E-state index in [1.165, 1.54) is 32.2 Å².